The van der Waals surface area contributed by atoms with Gasteiger partial charge in [0.1, 0.15) is 5.69 Å². The average Bonchev–Trinajstić information content (AvgIpc) is 3.07. The van der Waals surface area contributed by atoms with Gasteiger partial charge in [-0.1, -0.05) is 0 Å². The third kappa shape index (κ3) is 2.81. The molecule has 0 spiro atoms. The van der Waals surface area contributed by atoms with Crippen LogP contribution in [0.1, 0.15) is 30.3 Å². The molecular weight excluding hydrogens is 336 g/mol. The Labute approximate surface area is 150 Å². The van der Waals surface area contributed by atoms with E-state index in [-0.39, 0.29) is 11.9 Å². The van der Waals surface area contributed by atoms with Crippen molar-refractivity contribution in [1.82, 2.24) is 15.2 Å². The minimum atomic E-state index is -0.126. The number of nitrogens with one attached hydrogen (secondary N) is 1. The van der Waals surface area contributed by atoms with E-state index >= 15 is 0 Å². The monoisotopic (exact) mass is 358 g/mol. The van der Waals surface area contributed by atoms with Gasteiger partial charge in [0.15, 0.2) is 0 Å². The van der Waals surface area contributed by atoms with Crippen molar-refractivity contribution in [3.8, 4) is 0 Å². The highest BCUT2D eigenvalue weighted by Gasteiger charge is 2.40. The van der Waals surface area contributed by atoms with E-state index in [0.717, 1.165) is 48.1 Å². The van der Waals surface area contributed by atoms with Crippen LogP contribution in [0.3, 0.4) is 0 Å². The molecule has 132 valence electrons. The van der Waals surface area contributed by atoms with Crippen LogP contribution < -0.4 is 10.2 Å². The molecule has 3 fully saturated rings. The Hall–Kier alpha value is -1.99. The summed E-state index contributed by atoms with van der Waals surface area (Å²) < 4.78 is 0.969. The first-order valence-electron chi connectivity index (χ1n) is 8.69. The number of nitrogens with zero attached hydrogens (tertiary/aromatic N) is 3. The van der Waals surface area contributed by atoms with Crippen LogP contribution in [0, 0.1) is 5.92 Å². The number of amides is 2. The summed E-state index contributed by atoms with van der Waals surface area (Å²) in [6, 6.07) is 2.35. The van der Waals surface area contributed by atoms with Gasteiger partial charge in [0, 0.05) is 36.1 Å². The van der Waals surface area contributed by atoms with Gasteiger partial charge in [0.2, 0.25) is 6.41 Å². The second-order valence-electron chi connectivity index (χ2n) is 7.02. The molecule has 0 aliphatic carbocycles. The van der Waals surface area contributed by atoms with Crippen LogP contribution in [0.15, 0.2) is 17.6 Å². The maximum Gasteiger partial charge on any atom is 0.270 e. The van der Waals surface area contributed by atoms with Gasteiger partial charge in [0.05, 0.1) is 10.4 Å². The number of carbonyl (C=O) groups excluding carboxylic acids is 2. The van der Waals surface area contributed by atoms with Crippen molar-refractivity contribution in [2.24, 2.45) is 5.92 Å². The highest BCUT2D eigenvalue weighted by atomic mass is 32.1. The molecule has 6 nitrogen and oxygen atoms in total. The topological polar surface area (TPSA) is 65.5 Å². The molecule has 2 aromatic rings. The molecule has 0 radical (unpaired) electrons. The molecule has 7 heteroatoms. The zero-order valence-corrected chi connectivity index (χ0v) is 15.3. The van der Waals surface area contributed by atoms with Crippen molar-refractivity contribution in [2.75, 3.05) is 25.0 Å². The van der Waals surface area contributed by atoms with Crippen molar-refractivity contribution in [3.63, 3.8) is 0 Å². The molecule has 25 heavy (non-hydrogen) atoms. The summed E-state index contributed by atoms with van der Waals surface area (Å²) in [6.07, 6.45) is 4.80. The number of rotatable bonds is 4. The predicted molar refractivity (Wildman–Crippen MR) is 99.1 cm³/mol. The first-order chi connectivity index (χ1) is 12.1. The Balaban J connectivity index is 1.58. The smallest absolute Gasteiger partial charge is 0.270 e. The van der Waals surface area contributed by atoms with E-state index in [4.69, 9.17) is 0 Å². The molecule has 0 aromatic carbocycles. The summed E-state index contributed by atoms with van der Waals surface area (Å²) in [4.78, 5) is 32.2. The minimum Gasteiger partial charge on any atom is -0.346 e. The molecule has 2 atom stereocenters. The summed E-state index contributed by atoms with van der Waals surface area (Å²) in [6.45, 7) is 4.47. The molecule has 1 N–H and O–H groups in total. The number of hydrogen-bond acceptors (Lipinski definition) is 5. The third-order valence-electron chi connectivity index (χ3n) is 5.69. The molecular formula is C18H22N4O2S. The maximum atomic E-state index is 12.8. The summed E-state index contributed by atoms with van der Waals surface area (Å²) in [5.41, 5.74) is 1.22. The minimum absolute atomic E-state index is 0.126. The first kappa shape index (κ1) is 16.5. The van der Waals surface area contributed by atoms with Gasteiger partial charge >= 0.3 is 0 Å². The lowest BCUT2D eigenvalue weighted by Gasteiger charge is -2.49. The molecule has 3 saturated heterocycles. The summed E-state index contributed by atoms with van der Waals surface area (Å²) in [5, 5.41) is 6.02. The van der Waals surface area contributed by atoms with Crippen molar-refractivity contribution < 1.29 is 9.59 Å². The second kappa shape index (κ2) is 6.38. The number of aromatic nitrogens is 1. The van der Waals surface area contributed by atoms with Gasteiger partial charge in [-0.15, -0.1) is 11.3 Å². The lowest BCUT2D eigenvalue weighted by atomic mass is 9.79. The van der Waals surface area contributed by atoms with Crippen LogP contribution in [-0.2, 0) is 4.79 Å². The predicted octanol–water partition coefficient (Wildman–Crippen LogP) is 2.10. The van der Waals surface area contributed by atoms with Gasteiger partial charge in [-0.05, 0) is 44.8 Å². The van der Waals surface area contributed by atoms with Gasteiger partial charge in [-0.3, -0.25) is 14.5 Å². The lowest BCUT2D eigenvalue weighted by Crippen LogP contribution is -2.62. The summed E-state index contributed by atoms with van der Waals surface area (Å²) in [7, 11) is 1.71. The number of anilines is 1. The standard InChI is InChI=1S/C18H22N4O2S/c1-11-17(12-3-5-22(11)6-4-12)20-18(24)14-7-13-15(21(2)10-23)9-25-16(13)8-19-14/h7-12,17H,3-6H2,1-2H3,(H,20,24)/t11-,17-/m0/s1. The van der Waals surface area contributed by atoms with E-state index in [2.05, 4.69) is 22.1 Å². The van der Waals surface area contributed by atoms with E-state index < -0.39 is 0 Å². The number of thiophene rings is 1. The van der Waals surface area contributed by atoms with Crippen LogP contribution in [0.4, 0.5) is 5.69 Å². The average molecular weight is 358 g/mol. The summed E-state index contributed by atoms with van der Waals surface area (Å²) >= 11 is 1.52. The van der Waals surface area contributed by atoms with E-state index in [0.29, 0.717) is 17.7 Å². The Morgan fingerprint density at radius 1 is 1.44 bits per heavy atom. The van der Waals surface area contributed by atoms with Crippen molar-refractivity contribution in [1.29, 1.82) is 0 Å². The largest absolute Gasteiger partial charge is 0.346 e. The first-order valence-corrected chi connectivity index (χ1v) is 9.56. The fourth-order valence-corrected chi connectivity index (χ4v) is 5.08. The number of piperidine rings is 3. The normalized spacial score (nSPS) is 28.1. The van der Waals surface area contributed by atoms with Crippen LogP contribution in [0.2, 0.25) is 0 Å². The Bertz CT molecular complexity index is 811. The molecule has 3 aliphatic heterocycles. The Morgan fingerprint density at radius 3 is 2.88 bits per heavy atom. The van der Waals surface area contributed by atoms with Gasteiger partial charge < -0.3 is 10.2 Å². The molecule has 0 saturated carbocycles. The number of carbonyl (C=O) groups is 2. The highest BCUT2D eigenvalue weighted by molar-refractivity contribution is 7.17. The lowest BCUT2D eigenvalue weighted by molar-refractivity contribution is -0.107. The van der Waals surface area contributed by atoms with Gasteiger partial charge in [-0.2, -0.15) is 0 Å². The van der Waals surface area contributed by atoms with E-state index in [1.54, 1.807) is 19.3 Å². The van der Waals surface area contributed by atoms with Crippen LogP contribution >= 0.6 is 11.3 Å². The number of hydrogen-bond donors (Lipinski definition) is 1. The second-order valence-corrected chi connectivity index (χ2v) is 7.93. The van der Waals surface area contributed by atoms with Crippen LogP contribution in [-0.4, -0.2) is 54.4 Å². The maximum absolute atomic E-state index is 12.8. The fraction of sp³-hybridized carbons (Fsp3) is 0.500. The van der Waals surface area contributed by atoms with Gasteiger partial charge in [-0.25, -0.2) is 4.98 Å². The molecule has 5 rings (SSSR count). The molecule has 3 aliphatic rings. The highest BCUT2D eigenvalue weighted by Crippen LogP contribution is 2.33. The zero-order valence-electron chi connectivity index (χ0n) is 14.4. The third-order valence-corrected chi connectivity index (χ3v) is 6.61. The number of pyridine rings is 1. The molecule has 2 amide bonds. The number of fused-ring (bicyclic) bond motifs is 4. The SMILES string of the molecule is C[C@H]1[C@H](NC(=O)c2cc3c(N(C)C=O)csc3cn2)C2CCN1CC2. The van der Waals surface area contributed by atoms with Crippen LogP contribution in [0.25, 0.3) is 10.1 Å². The van der Waals surface area contributed by atoms with E-state index in [1.165, 1.54) is 16.2 Å². The molecule has 0 unspecified atom stereocenters. The van der Waals surface area contributed by atoms with Crippen molar-refractivity contribution in [2.45, 2.75) is 31.8 Å². The van der Waals surface area contributed by atoms with E-state index in [9.17, 15) is 9.59 Å². The van der Waals surface area contributed by atoms with Crippen LogP contribution in [0.5, 0.6) is 0 Å². The summed E-state index contributed by atoms with van der Waals surface area (Å²) in [5.74, 6) is 0.434. The molecule has 5 heterocycles. The Morgan fingerprint density at radius 2 is 2.20 bits per heavy atom. The molecule has 2 bridgehead atoms. The van der Waals surface area contributed by atoms with Crippen molar-refractivity contribution >= 4 is 39.4 Å². The Kier molecular flexibility index (Phi) is 4.21. The van der Waals surface area contributed by atoms with E-state index in [1.807, 2.05) is 5.38 Å². The van der Waals surface area contributed by atoms with Crippen molar-refractivity contribution in [3.05, 3.63) is 23.3 Å². The zero-order chi connectivity index (χ0) is 17.6. The molecule has 2 aromatic heterocycles. The van der Waals surface area contributed by atoms with Gasteiger partial charge in [0.25, 0.3) is 5.91 Å². The quantitative estimate of drug-likeness (QED) is 0.850. The fourth-order valence-electron chi connectivity index (χ4n) is 4.14.